The molecule has 0 aliphatic carbocycles. The average Bonchev–Trinajstić information content (AvgIpc) is 3.36. The van der Waals surface area contributed by atoms with Crippen LogP contribution < -0.4 is 10.4 Å². The molecule has 3 aromatic heterocycles. The number of rotatable bonds is 2. The van der Waals surface area contributed by atoms with Gasteiger partial charge < -0.3 is 0 Å². The van der Waals surface area contributed by atoms with Gasteiger partial charge in [0.05, 0.1) is 27.9 Å². The van der Waals surface area contributed by atoms with Crippen LogP contribution in [0.25, 0.3) is 87.9 Å². The molecular formula is C43H29N3Si. The van der Waals surface area contributed by atoms with E-state index in [9.17, 15) is 0 Å². The van der Waals surface area contributed by atoms with Crippen LogP contribution in [-0.4, -0.2) is 23.0 Å². The van der Waals surface area contributed by atoms with Crippen molar-refractivity contribution in [1.29, 1.82) is 0 Å². The molecular weight excluding hydrogens is 587 g/mol. The third kappa shape index (κ3) is 3.70. The molecule has 9 aromatic rings. The van der Waals surface area contributed by atoms with Gasteiger partial charge in [0.1, 0.15) is 8.07 Å². The molecule has 3 nitrogen and oxygen atoms in total. The zero-order valence-corrected chi connectivity index (χ0v) is 27.1. The van der Waals surface area contributed by atoms with Gasteiger partial charge in [-0.2, -0.15) is 0 Å². The van der Waals surface area contributed by atoms with Crippen molar-refractivity contribution in [3.05, 3.63) is 140 Å². The monoisotopic (exact) mass is 615 g/mol. The molecule has 0 atom stereocenters. The number of aromatic nitrogens is 3. The number of nitrogens with zero attached hydrogens (tertiary/aromatic N) is 3. The summed E-state index contributed by atoms with van der Waals surface area (Å²) in [4.78, 5) is 15.4. The van der Waals surface area contributed by atoms with E-state index in [4.69, 9.17) is 15.0 Å². The Morgan fingerprint density at radius 3 is 1.74 bits per heavy atom. The summed E-state index contributed by atoms with van der Waals surface area (Å²) >= 11 is 0. The van der Waals surface area contributed by atoms with E-state index >= 15 is 0 Å². The number of hydrogen-bond donors (Lipinski definition) is 0. The molecule has 0 saturated carbocycles. The van der Waals surface area contributed by atoms with E-state index < -0.39 is 8.07 Å². The predicted molar refractivity (Wildman–Crippen MR) is 200 cm³/mol. The van der Waals surface area contributed by atoms with Gasteiger partial charge in [-0.15, -0.1) is 0 Å². The molecule has 0 bridgehead atoms. The van der Waals surface area contributed by atoms with Crippen molar-refractivity contribution in [3.63, 3.8) is 0 Å². The second kappa shape index (κ2) is 9.65. The smallest absolute Gasteiger partial charge is 0.113 e. The van der Waals surface area contributed by atoms with Crippen molar-refractivity contribution >= 4 is 72.7 Å². The molecule has 0 N–H and O–H groups in total. The molecule has 47 heavy (non-hydrogen) atoms. The summed E-state index contributed by atoms with van der Waals surface area (Å²) in [6, 6.07) is 48.2. The van der Waals surface area contributed by atoms with Gasteiger partial charge in [-0.3, -0.25) is 4.98 Å². The lowest BCUT2D eigenvalue weighted by Gasteiger charge is -2.19. The van der Waals surface area contributed by atoms with Crippen LogP contribution in [0.1, 0.15) is 0 Å². The van der Waals surface area contributed by atoms with E-state index in [0.717, 1.165) is 49.8 Å². The van der Waals surface area contributed by atoms with E-state index in [1.54, 1.807) is 0 Å². The number of benzene rings is 6. The van der Waals surface area contributed by atoms with Crippen LogP contribution in [0.3, 0.4) is 0 Å². The molecule has 4 heterocycles. The van der Waals surface area contributed by atoms with Gasteiger partial charge in [0, 0.05) is 33.5 Å². The fourth-order valence-corrected chi connectivity index (χ4v) is 11.2. The van der Waals surface area contributed by atoms with E-state index in [2.05, 4.69) is 140 Å². The molecule has 10 rings (SSSR count). The molecule has 1 aliphatic rings. The number of pyridine rings is 3. The molecule has 1 aliphatic heterocycles. The van der Waals surface area contributed by atoms with Crippen molar-refractivity contribution in [2.75, 3.05) is 0 Å². The summed E-state index contributed by atoms with van der Waals surface area (Å²) in [5.74, 6) is 0. The SMILES string of the molecule is C[Si]1(C)c2ccccc2-c2c1ccc1nc(-c3c4ccccc4c(-c4ccc5ccc6cccnc6c5n4)c4ccccc34)ccc21. The number of hydrogen-bond acceptors (Lipinski definition) is 3. The maximum atomic E-state index is 5.41. The molecule has 0 spiro atoms. The summed E-state index contributed by atoms with van der Waals surface area (Å²) in [6.07, 6.45) is 1.85. The molecule has 0 radical (unpaired) electrons. The van der Waals surface area contributed by atoms with E-state index in [0.29, 0.717) is 0 Å². The Morgan fingerprint density at radius 2 is 1.02 bits per heavy atom. The van der Waals surface area contributed by atoms with Crippen molar-refractivity contribution in [3.8, 4) is 33.6 Å². The quantitative estimate of drug-likeness (QED) is 0.110. The minimum absolute atomic E-state index is 0.925. The molecule has 4 heteroatoms. The van der Waals surface area contributed by atoms with Gasteiger partial charge in [-0.1, -0.05) is 122 Å². The van der Waals surface area contributed by atoms with E-state index in [1.807, 2.05) is 12.3 Å². The van der Waals surface area contributed by atoms with E-state index in [1.165, 1.54) is 48.4 Å². The lowest BCUT2D eigenvalue weighted by Crippen LogP contribution is -2.49. The van der Waals surface area contributed by atoms with Crippen LogP contribution in [0.4, 0.5) is 0 Å². The molecule has 0 fully saturated rings. The fraction of sp³-hybridized carbons (Fsp3) is 0.0465. The first-order chi connectivity index (χ1) is 23.1. The van der Waals surface area contributed by atoms with E-state index in [-0.39, 0.29) is 0 Å². The summed E-state index contributed by atoms with van der Waals surface area (Å²) in [7, 11) is -1.76. The minimum atomic E-state index is -1.76. The third-order valence-corrected chi connectivity index (χ3v) is 13.8. The van der Waals surface area contributed by atoms with Crippen LogP contribution in [0, 0.1) is 0 Å². The molecule has 220 valence electrons. The maximum absolute atomic E-state index is 5.41. The van der Waals surface area contributed by atoms with Crippen molar-refractivity contribution in [2.45, 2.75) is 13.1 Å². The standard InChI is InChI=1S/C43H29N3Si/c1-47(2)37-16-8-7-15-33(37)41-32-20-22-35(45-34(32)23-24-38(41)47)39-28-11-3-5-13-30(28)40(31-14-6-4-12-29(31)39)36-21-19-27-18-17-26-10-9-25-44-42(26)43(27)46-36/h3-25H,1-2H3. The van der Waals surface area contributed by atoms with Crippen LogP contribution in [-0.2, 0) is 0 Å². The highest BCUT2D eigenvalue weighted by atomic mass is 28.3. The maximum Gasteiger partial charge on any atom is 0.113 e. The highest BCUT2D eigenvalue weighted by Crippen LogP contribution is 2.44. The van der Waals surface area contributed by atoms with Crippen LogP contribution in [0.2, 0.25) is 13.1 Å². The lowest BCUT2D eigenvalue weighted by atomic mass is 9.88. The minimum Gasteiger partial charge on any atom is -0.254 e. The zero-order valence-electron chi connectivity index (χ0n) is 26.1. The summed E-state index contributed by atoms with van der Waals surface area (Å²) in [6.45, 7) is 4.93. The van der Waals surface area contributed by atoms with Crippen molar-refractivity contribution in [1.82, 2.24) is 15.0 Å². The van der Waals surface area contributed by atoms with Gasteiger partial charge in [-0.25, -0.2) is 9.97 Å². The molecule has 0 amide bonds. The Morgan fingerprint density at radius 1 is 0.426 bits per heavy atom. The van der Waals surface area contributed by atoms with Crippen LogP contribution in [0.15, 0.2) is 140 Å². The van der Waals surface area contributed by atoms with Gasteiger partial charge in [0.25, 0.3) is 0 Å². The second-order valence-corrected chi connectivity index (χ2v) is 17.5. The van der Waals surface area contributed by atoms with Gasteiger partial charge in [0.2, 0.25) is 0 Å². The average molecular weight is 616 g/mol. The second-order valence-electron chi connectivity index (χ2n) is 13.2. The summed E-state index contributed by atoms with van der Waals surface area (Å²) < 4.78 is 0. The van der Waals surface area contributed by atoms with Crippen LogP contribution >= 0.6 is 0 Å². The summed E-state index contributed by atoms with van der Waals surface area (Å²) in [5.41, 5.74) is 9.88. The van der Waals surface area contributed by atoms with Crippen LogP contribution in [0.5, 0.6) is 0 Å². The highest BCUT2D eigenvalue weighted by Gasteiger charge is 2.38. The fourth-order valence-electron chi connectivity index (χ4n) is 8.09. The Hall–Kier alpha value is -5.71. The first-order valence-corrected chi connectivity index (χ1v) is 19.2. The van der Waals surface area contributed by atoms with Crippen molar-refractivity contribution in [2.24, 2.45) is 0 Å². The van der Waals surface area contributed by atoms with Gasteiger partial charge in [-0.05, 0) is 67.3 Å². The normalized spacial score (nSPS) is 13.5. The third-order valence-electron chi connectivity index (χ3n) is 10.3. The lowest BCUT2D eigenvalue weighted by molar-refractivity contribution is 1.38. The van der Waals surface area contributed by atoms with Gasteiger partial charge >= 0.3 is 0 Å². The Bertz CT molecular complexity index is 2720. The Balaban J connectivity index is 1.24. The first-order valence-electron chi connectivity index (χ1n) is 16.2. The zero-order chi connectivity index (χ0) is 31.3. The highest BCUT2D eigenvalue weighted by molar-refractivity contribution is 7.04. The topological polar surface area (TPSA) is 38.7 Å². The molecule has 0 unspecified atom stereocenters. The van der Waals surface area contributed by atoms with Crippen molar-refractivity contribution < 1.29 is 0 Å². The largest absolute Gasteiger partial charge is 0.254 e. The molecule has 6 aromatic carbocycles. The number of fused-ring (bicyclic) bond motifs is 10. The predicted octanol–water partition coefficient (Wildman–Crippen LogP) is 9.77. The first kappa shape index (κ1) is 26.5. The van der Waals surface area contributed by atoms with Gasteiger partial charge in [0.15, 0.2) is 0 Å². The Labute approximate surface area is 273 Å². The molecule has 0 saturated heterocycles. The summed E-state index contributed by atoms with van der Waals surface area (Å²) in [5, 5.41) is 11.1. The Kier molecular flexibility index (Phi) is 5.44.